The van der Waals surface area contributed by atoms with E-state index in [2.05, 4.69) is 24.5 Å². The van der Waals surface area contributed by atoms with Gasteiger partial charge in [0.2, 0.25) is 0 Å². The summed E-state index contributed by atoms with van der Waals surface area (Å²) >= 11 is 0. The minimum Gasteiger partial charge on any atom is -0.317 e. The Kier molecular flexibility index (Phi) is 13.8. The highest BCUT2D eigenvalue weighted by Crippen LogP contribution is 1.97. The Labute approximate surface area is 96.2 Å². The maximum absolute atomic E-state index is 3.51. The van der Waals surface area contributed by atoms with Crippen LogP contribution >= 0.6 is 0 Å². The summed E-state index contributed by atoms with van der Waals surface area (Å²) < 4.78 is 0. The summed E-state index contributed by atoms with van der Waals surface area (Å²) in [5.74, 6) is 0. The minimum atomic E-state index is 1.17. The van der Waals surface area contributed by atoms with Crippen LogP contribution in [0.3, 0.4) is 0 Å². The fraction of sp³-hybridized carbons (Fsp3) is 1.00. The third kappa shape index (κ3) is 13.9. The monoisotopic (exact) mass is 214 g/mol. The van der Waals surface area contributed by atoms with Crippen molar-refractivity contribution in [3.63, 3.8) is 0 Å². The van der Waals surface area contributed by atoms with E-state index in [-0.39, 0.29) is 0 Å². The van der Waals surface area contributed by atoms with Crippen LogP contribution < -0.4 is 10.6 Å². The van der Waals surface area contributed by atoms with E-state index < -0.39 is 0 Å². The van der Waals surface area contributed by atoms with Crippen molar-refractivity contribution >= 4 is 0 Å². The van der Waals surface area contributed by atoms with E-state index in [1.807, 2.05) is 0 Å². The lowest BCUT2D eigenvalue weighted by Crippen LogP contribution is -2.20. The summed E-state index contributed by atoms with van der Waals surface area (Å²) in [6, 6.07) is 0. The van der Waals surface area contributed by atoms with Gasteiger partial charge < -0.3 is 10.6 Å². The number of hydrogen-bond donors (Lipinski definition) is 2. The van der Waals surface area contributed by atoms with Gasteiger partial charge in [-0.15, -0.1) is 0 Å². The largest absolute Gasteiger partial charge is 0.317 e. The van der Waals surface area contributed by atoms with E-state index in [0.29, 0.717) is 0 Å². The van der Waals surface area contributed by atoms with Crippen molar-refractivity contribution < 1.29 is 0 Å². The van der Waals surface area contributed by atoms with Crippen LogP contribution in [0, 0.1) is 0 Å². The molecule has 0 unspecified atom stereocenters. The van der Waals surface area contributed by atoms with Gasteiger partial charge in [0.15, 0.2) is 0 Å². The minimum absolute atomic E-state index is 1.17. The first-order chi connectivity index (χ1) is 7.41. The van der Waals surface area contributed by atoms with Gasteiger partial charge in [-0.25, -0.2) is 0 Å². The Balaban J connectivity index is 2.81. The van der Waals surface area contributed by atoms with E-state index in [0.717, 1.165) is 0 Å². The zero-order valence-electron chi connectivity index (χ0n) is 10.8. The predicted molar refractivity (Wildman–Crippen MR) is 69.4 cm³/mol. The van der Waals surface area contributed by atoms with Crippen molar-refractivity contribution in [2.75, 3.05) is 26.2 Å². The second-order valence-corrected chi connectivity index (χ2v) is 4.27. The molecule has 0 radical (unpaired) electrons. The molecule has 0 aromatic rings. The second kappa shape index (κ2) is 13.9. The smallest absolute Gasteiger partial charge is 0.00484 e. The second-order valence-electron chi connectivity index (χ2n) is 4.27. The van der Waals surface area contributed by atoms with Gasteiger partial charge in [0.1, 0.15) is 0 Å². The van der Waals surface area contributed by atoms with Gasteiger partial charge in [-0.3, -0.25) is 0 Å². The molecule has 0 fully saturated rings. The molecule has 0 aliphatic heterocycles. The van der Waals surface area contributed by atoms with Crippen molar-refractivity contribution in [1.82, 2.24) is 10.6 Å². The van der Waals surface area contributed by atoms with E-state index >= 15 is 0 Å². The molecule has 0 heterocycles. The molecule has 2 heteroatoms. The van der Waals surface area contributed by atoms with Crippen molar-refractivity contribution in [3.8, 4) is 0 Å². The van der Waals surface area contributed by atoms with Gasteiger partial charge in [-0.2, -0.15) is 0 Å². The SMILES string of the molecule is CCCCCCNCCCCNCCC. The number of rotatable bonds is 12. The van der Waals surface area contributed by atoms with E-state index in [1.165, 1.54) is 71.1 Å². The molecular weight excluding hydrogens is 184 g/mol. The molecule has 0 rings (SSSR count). The molecule has 15 heavy (non-hydrogen) atoms. The Bertz CT molecular complexity index is 92.7. The Morgan fingerprint density at radius 1 is 0.533 bits per heavy atom. The highest BCUT2D eigenvalue weighted by atomic mass is 14.9. The molecule has 0 aliphatic rings. The summed E-state index contributed by atoms with van der Waals surface area (Å²) in [5, 5.41) is 6.93. The Morgan fingerprint density at radius 2 is 1.07 bits per heavy atom. The summed E-state index contributed by atoms with van der Waals surface area (Å²) in [6.45, 7) is 9.24. The maximum atomic E-state index is 3.51. The summed E-state index contributed by atoms with van der Waals surface area (Å²) in [6.07, 6.45) is 9.33. The third-order valence-electron chi connectivity index (χ3n) is 2.59. The molecule has 0 aromatic heterocycles. The van der Waals surface area contributed by atoms with E-state index in [4.69, 9.17) is 0 Å². The first-order valence-electron chi connectivity index (χ1n) is 6.83. The van der Waals surface area contributed by atoms with Gasteiger partial charge in [0.05, 0.1) is 0 Å². The third-order valence-corrected chi connectivity index (χ3v) is 2.59. The summed E-state index contributed by atoms with van der Waals surface area (Å²) in [5.41, 5.74) is 0. The molecule has 0 aromatic carbocycles. The fourth-order valence-corrected chi connectivity index (χ4v) is 1.60. The van der Waals surface area contributed by atoms with Crippen molar-refractivity contribution in [3.05, 3.63) is 0 Å². The van der Waals surface area contributed by atoms with Crippen molar-refractivity contribution in [2.24, 2.45) is 0 Å². The molecular formula is C13H30N2. The van der Waals surface area contributed by atoms with Crippen LogP contribution in [0.15, 0.2) is 0 Å². The van der Waals surface area contributed by atoms with Crippen LogP contribution in [0.4, 0.5) is 0 Å². The normalized spacial score (nSPS) is 10.8. The molecule has 0 spiro atoms. The average Bonchev–Trinajstić information content (AvgIpc) is 2.26. The van der Waals surface area contributed by atoms with Gasteiger partial charge >= 0.3 is 0 Å². The Morgan fingerprint density at radius 3 is 1.60 bits per heavy atom. The van der Waals surface area contributed by atoms with E-state index in [1.54, 1.807) is 0 Å². The average molecular weight is 214 g/mol. The van der Waals surface area contributed by atoms with Crippen molar-refractivity contribution in [1.29, 1.82) is 0 Å². The van der Waals surface area contributed by atoms with Crippen LogP contribution in [-0.4, -0.2) is 26.2 Å². The molecule has 0 aliphatic carbocycles. The summed E-state index contributed by atoms with van der Waals surface area (Å²) in [7, 11) is 0. The standard InChI is InChI=1S/C13H30N2/c1-3-5-6-7-11-15-13-9-8-12-14-10-4-2/h14-15H,3-13H2,1-2H3. The number of nitrogens with one attached hydrogen (secondary N) is 2. The first kappa shape index (κ1) is 14.9. The van der Waals surface area contributed by atoms with E-state index in [9.17, 15) is 0 Å². The van der Waals surface area contributed by atoms with Gasteiger partial charge in [0.25, 0.3) is 0 Å². The van der Waals surface area contributed by atoms with Crippen molar-refractivity contribution in [2.45, 2.75) is 58.8 Å². The molecule has 0 atom stereocenters. The van der Waals surface area contributed by atoms with Gasteiger partial charge in [-0.05, 0) is 51.9 Å². The first-order valence-corrected chi connectivity index (χ1v) is 6.83. The molecule has 2 N–H and O–H groups in total. The number of hydrogen-bond acceptors (Lipinski definition) is 2. The van der Waals surface area contributed by atoms with Gasteiger partial charge in [-0.1, -0.05) is 33.1 Å². The number of unbranched alkanes of at least 4 members (excludes halogenated alkanes) is 4. The zero-order valence-corrected chi connectivity index (χ0v) is 10.8. The highest BCUT2D eigenvalue weighted by molar-refractivity contribution is 4.52. The molecule has 0 amide bonds. The molecule has 0 bridgehead atoms. The topological polar surface area (TPSA) is 24.1 Å². The molecule has 92 valence electrons. The maximum Gasteiger partial charge on any atom is -0.00484 e. The van der Waals surface area contributed by atoms with Crippen LogP contribution in [0.25, 0.3) is 0 Å². The lowest BCUT2D eigenvalue weighted by molar-refractivity contribution is 0.557. The quantitative estimate of drug-likeness (QED) is 0.488. The lowest BCUT2D eigenvalue weighted by Gasteiger charge is -2.05. The predicted octanol–water partition coefficient (Wildman–Crippen LogP) is 2.94. The molecule has 0 saturated heterocycles. The molecule has 0 saturated carbocycles. The van der Waals surface area contributed by atoms with Gasteiger partial charge in [0, 0.05) is 0 Å². The highest BCUT2D eigenvalue weighted by Gasteiger charge is 1.90. The van der Waals surface area contributed by atoms with Crippen LogP contribution in [0.2, 0.25) is 0 Å². The fourth-order valence-electron chi connectivity index (χ4n) is 1.60. The van der Waals surface area contributed by atoms with Crippen LogP contribution in [0.5, 0.6) is 0 Å². The summed E-state index contributed by atoms with van der Waals surface area (Å²) in [4.78, 5) is 0. The zero-order chi connectivity index (χ0) is 11.2. The van der Waals surface area contributed by atoms with Crippen LogP contribution in [-0.2, 0) is 0 Å². The Hall–Kier alpha value is -0.0800. The molecule has 2 nitrogen and oxygen atoms in total. The lowest BCUT2D eigenvalue weighted by atomic mass is 10.2. The van der Waals surface area contributed by atoms with Crippen LogP contribution in [0.1, 0.15) is 58.8 Å².